The van der Waals surface area contributed by atoms with Crippen LogP contribution in [0.5, 0.6) is 17.2 Å². The van der Waals surface area contributed by atoms with Gasteiger partial charge < -0.3 is 18.7 Å². The number of thioether (sulfide) groups is 1. The van der Waals surface area contributed by atoms with Gasteiger partial charge in [0.05, 0.1) is 26.6 Å². The molecule has 0 spiro atoms. The SMILES string of the molecule is COc1ccc(OCCSCc2nc(-c3cccc(OC)c3)no2)cc1. The second-order valence-corrected chi connectivity index (χ2v) is 6.43. The van der Waals surface area contributed by atoms with Gasteiger partial charge in [-0.1, -0.05) is 17.3 Å². The lowest BCUT2D eigenvalue weighted by molar-refractivity contribution is 0.342. The monoisotopic (exact) mass is 372 g/mol. The Morgan fingerprint density at radius 2 is 1.73 bits per heavy atom. The summed E-state index contributed by atoms with van der Waals surface area (Å²) in [4.78, 5) is 4.42. The van der Waals surface area contributed by atoms with E-state index in [1.54, 1.807) is 26.0 Å². The maximum atomic E-state index is 5.69. The minimum Gasteiger partial charge on any atom is -0.497 e. The Morgan fingerprint density at radius 1 is 0.962 bits per heavy atom. The normalized spacial score (nSPS) is 10.5. The highest BCUT2D eigenvalue weighted by Gasteiger charge is 2.09. The molecule has 0 N–H and O–H groups in total. The zero-order valence-corrected chi connectivity index (χ0v) is 15.5. The van der Waals surface area contributed by atoms with Gasteiger partial charge in [-0.25, -0.2) is 0 Å². The van der Waals surface area contributed by atoms with Crippen molar-refractivity contribution in [2.24, 2.45) is 0 Å². The number of hydrogen-bond donors (Lipinski definition) is 0. The van der Waals surface area contributed by atoms with E-state index in [9.17, 15) is 0 Å². The molecule has 26 heavy (non-hydrogen) atoms. The Hall–Kier alpha value is -2.67. The number of aromatic nitrogens is 2. The van der Waals surface area contributed by atoms with E-state index in [1.807, 2.05) is 48.5 Å². The predicted molar refractivity (Wildman–Crippen MR) is 101 cm³/mol. The number of methoxy groups -OCH3 is 2. The fraction of sp³-hybridized carbons (Fsp3) is 0.263. The first-order valence-corrected chi connectivity index (χ1v) is 9.25. The minimum atomic E-state index is 0.564. The first kappa shape index (κ1) is 18.1. The molecular weight excluding hydrogens is 352 g/mol. The predicted octanol–water partition coefficient (Wildman–Crippen LogP) is 4.07. The summed E-state index contributed by atoms with van der Waals surface area (Å²) in [6.45, 7) is 0.605. The number of ether oxygens (including phenoxy) is 3. The molecule has 6 nitrogen and oxygen atoms in total. The molecule has 1 heterocycles. The van der Waals surface area contributed by atoms with E-state index in [2.05, 4.69) is 10.1 Å². The Kier molecular flexibility index (Phi) is 6.38. The van der Waals surface area contributed by atoms with Gasteiger partial charge in [-0.2, -0.15) is 4.98 Å². The lowest BCUT2D eigenvalue weighted by Gasteiger charge is -2.06. The first-order chi connectivity index (χ1) is 12.8. The number of benzene rings is 2. The summed E-state index contributed by atoms with van der Waals surface area (Å²) in [5, 5.41) is 4.03. The summed E-state index contributed by atoms with van der Waals surface area (Å²) in [7, 11) is 3.27. The highest BCUT2D eigenvalue weighted by Crippen LogP contribution is 2.22. The molecule has 0 bridgehead atoms. The maximum Gasteiger partial charge on any atom is 0.236 e. The molecule has 3 aromatic rings. The van der Waals surface area contributed by atoms with Crippen LogP contribution >= 0.6 is 11.8 Å². The van der Waals surface area contributed by atoms with Crippen LogP contribution in [0.4, 0.5) is 0 Å². The van der Waals surface area contributed by atoms with Crippen molar-refractivity contribution < 1.29 is 18.7 Å². The second-order valence-electron chi connectivity index (χ2n) is 5.32. The van der Waals surface area contributed by atoms with E-state index in [0.29, 0.717) is 24.1 Å². The van der Waals surface area contributed by atoms with E-state index in [-0.39, 0.29) is 0 Å². The molecule has 0 fully saturated rings. The molecule has 0 aliphatic rings. The maximum absolute atomic E-state index is 5.69. The van der Waals surface area contributed by atoms with Crippen LogP contribution in [0.25, 0.3) is 11.4 Å². The molecule has 0 aliphatic carbocycles. The van der Waals surface area contributed by atoms with Gasteiger partial charge in [-0.15, -0.1) is 11.8 Å². The average molecular weight is 372 g/mol. The van der Waals surface area contributed by atoms with Crippen molar-refractivity contribution in [1.82, 2.24) is 10.1 Å². The molecule has 0 aliphatic heterocycles. The number of rotatable bonds is 9. The van der Waals surface area contributed by atoms with Crippen molar-refractivity contribution in [3.63, 3.8) is 0 Å². The average Bonchev–Trinajstić information content (AvgIpc) is 3.17. The molecule has 136 valence electrons. The Morgan fingerprint density at radius 3 is 2.50 bits per heavy atom. The van der Waals surface area contributed by atoms with Crippen LogP contribution in [0.3, 0.4) is 0 Å². The van der Waals surface area contributed by atoms with Gasteiger partial charge in [-0.3, -0.25) is 0 Å². The quantitative estimate of drug-likeness (QED) is 0.525. The van der Waals surface area contributed by atoms with Crippen LogP contribution in [0.15, 0.2) is 53.1 Å². The summed E-state index contributed by atoms with van der Waals surface area (Å²) >= 11 is 1.68. The van der Waals surface area contributed by atoms with E-state index in [4.69, 9.17) is 18.7 Å². The van der Waals surface area contributed by atoms with E-state index in [1.165, 1.54) is 0 Å². The Labute approximate surface area is 156 Å². The molecule has 0 atom stereocenters. The van der Waals surface area contributed by atoms with Crippen LogP contribution in [-0.2, 0) is 5.75 Å². The molecule has 0 amide bonds. The highest BCUT2D eigenvalue weighted by atomic mass is 32.2. The van der Waals surface area contributed by atoms with Crippen molar-refractivity contribution in [3.05, 3.63) is 54.4 Å². The number of hydrogen-bond acceptors (Lipinski definition) is 7. The fourth-order valence-electron chi connectivity index (χ4n) is 2.24. The van der Waals surface area contributed by atoms with Gasteiger partial charge in [0.25, 0.3) is 0 Å². The van der Waals surface area contributed by atoms with Crippen LogP contribution < -0.4 is 14.2 Å². The molecule has 1 aromatic heterocycles. The topological polar surface area (TPSA) is 66.6 Å². The van der Waals surface area contributed by atoms with Crippen molar-refractivity contribution in [2.45, 2.75) is 5.75 Å². The standard InChI is InChI=1S/C19H20N2O4S/c1-22-15-6-8-16(9-7-15)24-10-11-26-13-18-20-19(21-25-18)14-4-3-5-17(12-14)23-2/h3-9,12H,10-11,13H2,1-2H3. The van der Waals surface area contributed by atoms with E-state index < -0.39 is 0 Å². The van der Waals surface area contributed by atoms with E-state index in [0.717, 1.165) is 28.6 Å². The molecular formula is C19H20N2O4S. The van der Waals surface area contributed by atoms with Gasteiger partial charge in [-0.05, 0) is 36.4 Å². The third-order valence-corrected chi connectivity index (χ3v) is 4.48. The molecule has 7 heteroatoms. The van der Waals surface area contributed by atoms with Gasteiger partial charge in [0, 0.05) is 11.3 Å². The molecule has 0 unspecified atom stereocenters. The van der Waals surface area contributed by atoms with Crippen LogP contribution in [-0.4, -0.2) is 36.7 Å². The summed E-state index contributed by atoms with van der Waals surface area (Å²) in [5.41, 5.74) is 0.868. The molecule has 0 saturated carbocycles. The summed E-state index contributed by atoms with van der Waals surface area (Å²) < 4.78 is 21.3. The Bertz CT molecular complexity index is 820. The molecule has 2 aromatic carbocycles. The fourth-order valence-corrected chi connectivity index (χ4v) is 2.88. The summed E-state index contributed by atoms with van der Waals surface area (Å²) in [5.74, 6) is 5.02. The van der Waals surface area contributed by atoms with Gasteiger partial charge in [0.2, 0.25) is 11.7 Å². The van der Waals surface area contributed by atoms with Crippen molar-refractivity contribution in [3.8, 4) is 28.6 Å². The minimum absolute atomic E-state index is 0.564. The van der Waals surface area contributed by atoms with Gasteiger partial charge in [0.1, 0.15) is 17.2 Å². The lowest BCUT2D eigenvalue weighted by Crippen LogP contribution is -2.00. The smallest absolute Gasteiger partial charge is 0.236 e. The third kappa shape index (κ3) is 4.92. The summed E-state index contributed by atoms with van der Waals surface area (Å²) in [6.07, 6.45) is 0. The van der Waals surface area contributed by atoms with Gasteiger partial charge in [0.15, 0.2) is 0 Å². The van der Waals surface area contributed by atoms with Crippen molar-refractivity contribution >= 4 is 11.8 Å². The highest BCUT2D eigenvalue weighted by molar-refractivity contribution is 7.98. The molecule has 0 radical (unpaired) electrons. The second kappa shape index (κ2) is 9.15. The summed E-state index contributed by atoms with van der Waals surface area (Å²) in [6, 6.07) is 15.1. The van der Waals surface area contributed by atoms with Crippen LogP contribution in [0.2, 0.25) is 0 Å². The lowest BCUT2D eigenvalue weighted by atomic mass is 10.2. The molecule has 0 saturated heterocycles. The number of nitrogens with zero attached hydrogens (tertiary/aromatic N) is 2. The Balaban J connectivity index is 1.43. The van der Waals surface area contributed by atoms with Crippen LogP contribution in [0, 0.1) is 0 Å². The van der Waals surface area contributed by atoms with Gasteiger partial charge >= 0.3 is 0 Å². The zero-order valence-electron chi connectivity index (χ0n) is 14.7. The van der Waals surface area contributed by atoms with Crippen molar-refractivity contribution in [1.29, 1.82) is 0 Å². The first-order valence-electron chi connectivity index (χ1n) is 8.10. The third-order valence-electron chi connectivity index (χ3n) is 3.58. The zero-order chi connectivity index (χ0) is 18.2. The largest absolute Gasteiger partial charge is 0.497 e. The molecule has 3 rings (SSSR count). The van der Waals surface area contributed by atoms with Crippen LogP contribution in [0.1, 0.15) is 5.89 Å². The van der Waals surface area contributed by atoms with E-state index >= 15 is 0 Å². The van der Waals surface area contributed by atoms with Crippen molar-refractivity contribution in [2.75, 3.05) is 26.6 Å².